The molecule has 250 valence electrons. The molecule has 1 aliphatic heterocycles. The van der Waals surface area contributed by atoms with Gasteiger partial charge in [-0.05, 0) is 108 Å². The zero-order valence-electron chi connectivity index (χ0n) is 27.7. The first-order chi connectivity index (χ1) is 23.0. The number of carboxylic acid groups (broad SMARTS) is 1. The van der Waals surface area contributed by atoms with Crippen LogP contribution >= 0.6 is 22.9 Å². The van der Waals surface area contributed by atoms with Crippen LogP contribution in [0.5, 0.6) is 0 Å². The zero-order chi connectivity index (χ0) is 33.3. The van der Waals surface area contributed by atoms with Gasteiger partial charge in [0.1, 0.15) is 24.0 Å². The van der Waals surface area contributed by atoms with E-state index in [0.717, 1.165) is 106 Å². The summed E-state index contributed by atoms with van der Waals surface area (Å²) in [4.78, 5) is 25.6. The van der Waals surface area contributed by atoms with Crippen molar-refractivity contribution in [1.29, 1.82) is 0 Å². The second-order valence-electron chi connectivity index (χ2n) is 14.5. The molecular weight excluding hydrogens is 646 g/mol. The Morgan fingerprint density at radius 1 is 1.02 bits per heavy atom. The Bertz CT molecular complexity index is 2020. The SMILES string of the molecule is Cc1cc2nc(-c3ccc4c(n3)c(C3CCC(N5COC5)CC3)nn4C3CC3)sc2c(-c2ccc(Cl)cc2)c1[C@H](OC(C)(C)C)C(=O)O. The van der Waals surface area contributed by atoms with E-state index in [1.807, 2.05) is 58.0 Å². The molecule has 48 heavy (non-hydrogen) atoms. The van der Waals surface area contributed by atoms with E-state index < -0.39 is 17.7 Å². The van der Waals surface area contributed by atoms with Crippen molar-refractivity contribution in [2.75, 3.05) is 13.5 Å². The fraction of sp³-hybridized carbons (Fsp3) is 0.459. The van der Waals surface area contributed by atoms with Gasteiger partial charge in [0.05, 0.1) is 38.8 Å². The molecule has 8 rings (SSSR count). The highest BCUT2D eigenvalue weighted by molar-refractivity contribution is 7.22. The maximum Gasteiger partial charge on any atom is 0.337 e. The molecule has 1 saturated heterocycles. The van der Waals surface area contributed by atoms with Crippen molar-refractivity contribution in [2.24, 2.45) is 0 Å². The summed E-state index contributed by atoms with van der Waals surface area (Å²) in [5, 5.41) is 17.1. The van der Waals surface area contributed by atoms with E-state index in [9.17, 15) is 9.90 Å². The smallest absolute Gasteiger partial charge is 0.337 e. The van der Waals surface area contributed by atoms with Crippen LogP contribution < -0.4 is 0 Å². The minimum atomic E-state index is -1.17. The molecule has 0 amide bonds. The summed E-state index contributed by atoms with van der Waals surface area (Å²) < 4.78 is 14.7. The number of thiazole rings is 1. The largest absolute Gasteiger partial charge is 0.479 e. The van der Waals surface area contributed by atoms with Crippen molar-refractivity contribution in [3.63, 3.8) is 0 Å². The molecule has 0 bridgehead atoms. The molecular formula is C37H40ClN5O4S. The third-order valence-corrected chi connectivity index (χ3v) is 11.2. The number of aromatic nitrogens is 4. The number of ether oxygens (including phenoxy) is 2. The molecule has 5 aromatic rings. The number of aryl methyl sites for hydroxylation is 1. The Morgan fingerprint density at radius 3 is 2.35 bits per heavy atom. The van der Waals surface area contributed by atoms with Crippen LogP contribution in [-0.4, -0.2) is 60.8 Å². The third kappa shape index (κ3) is 5.92. The number of hydrogen-bond donors (Lipinski definition) is 1. The van der Waals surface area contributed by atoms with E-state index in [1.165, 1.54) is 11.3 Å². The number of fused-ring (bicyclic) bond motifs is 2. The second-order valence-corrected chi connectivity index (χ2v) is 15.9. The summed E-state index contributed by atoms with van der Waals surface area (Å²) in [6, 6.07) is 14.8. The Kier molecular flexibility index (Phi) is 8.07. The van der Waals surface area contributed by atoms with E-state index in [2.05, 4.69) is 21.7 Å². The monoisotopic (exact) mass is 685 g/mol. The normalized spacial score (nSPS) is 21.1. The Labute approximate surface area is 288 Å². The Balaban J connectivity index is 1.24. The molecule has 0 spiro atoms. The number of rotatable bonds is 8. The van der Waals surface area contributed by atoms with Gasteiger partial charge in [-0.3, -0.25) is 9.58 Å². The lowest BCUT2D eigenvalue weighted by atomic mass is 9.83. The van der Waals surface area contributed by atoms with E-state index in [-0.39, 0.29) is 0 Å². The third-order valence-electron chi connectivity index (χ3n) is 9.82. The number of halogens is 1. The van der Waals surface area contributed by atoms with Gasteiger partial charge in [-0.25, -0.2) is 14.8 Å². The minimum Gasteiger partial charge on any atom is -0.479 e. The summed E-state index contributed by atoms with van der Waals surface area (Å²) in [6.45, 7) is 9.06. The van der Waals surface area contributed by atoms with Gasteiger partial charge in [0.15, 0.2) is 6.10 Å². The molecule has 4 heterocycles. The van der Waals surface area contributed by atoms with Crippen LogP contribution in [0.3, 0.4) is 0 Å². The molecule has 0 radical (unpaired) electrons. The molecule has 1 atom stereocenters. The van der Waals surface area contributed by atoms with Crippen LogP contribution in [0.4, 0.5) is 0 Å². The van der Waals surface area contributed by atoms with Gasteiger partial charge < -0.3 is 14.6 Å². The van der Waals surface area contributed by atoms with Crippen molar-refractivity contribution >= 4 is 50.2 Å². The van der Waals surface area contributed by atoms with Gasteiger partial charge in [0.25, 0.3) is 0 Å². The van der Waals surface area contributed by atoms with Crippen molar-refractivity contribution in [3.05, 3.63) is 64.3 Å². The van der Waals surface area contributed by atoms with Crippen molar-refractivity contribution in [2.45, 2.75) is 95.9 Å². The number of hydrogen-bond acceptors (Lipinski definition) is 8. The average molecular weight is 686 g/mol. The maximum atomic E-state index is 12.8. The first kappa shape index (κ1) is 31.8. The van der Waals surface area contributed by atoms with Crippen LogP contribution in [0, 0.1) is 6.92 Å². The maximum absolute atomic E-state index is 12.8. The second kappa shape index (κ2) is 12.2. The highest BCUT2D eigenvalue weighted by Crippen LogP contribution is 2.46. The lowest BCUT2D eigenvalue weighted by Gasteiger charge is -2.41. The lowest BCUT2D eigenvalue weighted by molar-refractivity contribution is -0.170. The highest BCUT2D eigenvalue weighted by atomic mass is 35.5. The molecule has 3 fully saturated rings. The predicted octanol–water partition coefficient (Wildman–Crippen LogP) is 8.89. The molecule has 3 aromatic heterocycles. The fourth-order valence-electron chi connectivity index (χ4n) is 7.30. The summed E-state index contributed by atoms with van der Waals surface area (Å²) in [5.41, 5.74) is 7.20. The van der Waals surface area contributed by atoms with Crippen molar-refractivity contribution in [3.8, 4) is 21.8 Å². The molecule has 2 saturated carbocycles. The predicted molar refractivity (Wildman–Crippen MR) is 188 cm³/mol. The van der Waals surface area contributed by atoms with Gasteiger partial charge in [0.2, 0.25) is 0 Å². The van der Waals surface area contributed by atoms with Gasteiger partial charge in [-0.15, -0.1) is 11.3 Å². The Hall–Kier alpha value is -3.41. The highest BCUT2D eigenvalue weighted by Gasteiger charge is 2.35. The van der Waals surface area contributed by atoms with E-state index in [1.54, 1.807) is 0 Å². The summed E-state index contributed by atoms with van der Waals surface area (Å²) in [7, 11) is 0. The number of carboxylic acids is 1. The van der Waals surface area contributed by atoms with Gasteiger partial charge in [-0.1, -0.05) is 23.7 Å². The number of aliphatic carboxylic acids is 1. The molecule has 11 heteroatoms. The summed E-state index contributed by atoms with van der Waals surface area (Å²) >= 11 is 7.83. The molecule has 2 aromatic carbocycles. The topological polar surface area (TPSA) is 103 Å². The van der Waals surface area contributed by atoms with Gasteiger partial charge in [0, 0.05) is 28.1 Å². The van der Waals surface area contributed by atoms with Crippen LogP contribution in [0.1, 0.15) is 94.2 Å². The van der Waals surface area contributed by atoms with Crippen LogP contribution in [0.15, 0.2) is 42.5 Å². The Morgan fingerprint density at radius 2 is 1.73 bits per heavy atom. The summed E-state index contributed by atoms with van der Waals surface area (Å²) in [5.74, 6) is -0.659. The number of benzene rings is 2. The molecule has 1 N–H and O–H groups in total. The molecule has 3 aliphatic rings. The number of carbonyl (C=O) groups is 1. The number of pyridine rings is 1. The van der Waals surface area contributed by atoms with Crippen molar-refractivity contribution in [1.82, 2.24) is 24.6 Å². The van der Waals surface area contributed by atoms with E-state index in [0.29, 0.717) is 28.6 Å². The van der Waals surface area contributed by atoms with E-state index >= 15 is 0 Å². The van der Waals surface area contributed by atoms with E-state index in [4.69, 9.17) is 36.1 Å². The summed E-state index contributed by atoms with van der Waals surface area (Å²) in [6.07, 6.45) is 5.63. The van der Waals surface area contributed by atoms with Crippen molar-refractivity contribution < 1.29 is 19.4 Å². The minimum absolute atomic E-state index is 0.376. The quantitative estimate of drug-likeness (QED) is 0.173. The van der Waals surface area contributed by atoms with Gasteiger partial charge in [-0.2, -0.15) is 5.10 Å². The lowest BCUT2D eigenvalue weighted by Crippen LogP contribution is -2.48. The standard InChI is InChI=1S/C37H40ClN5O4S/c1-20-17-27-34(30(21-5-9-23(38)10-6-21)29(20)33(36(44)45)47-37(2,3)4)48-35(40-27)26-15-16-28-32(39-26)31(41-43(28)25-13-14-25)22-7-11-24(12-8-22)42-18-46-19-42/h5-6,9-10,15-17,22,24-25,33H,7-8,11-14,18-19H2,1-4H3,(H,44,45)/t22?,24?,33-/m0/s1. The first-order valence-corrected chi connectivity index (χ1v) is 18.1. The number of nitrogens with zero attached hydrogens (tertiary/aromatic N) is 5. The first-order valence-electron chi connectivity index (χ1n) is 16.9. The van der Waals surface area contributed by atoms with Gasteiger partial charge >= 0.3 is 5.97 Å². The van der Waals surface area contributed by atoms with Crippen LogP contribution in [0.25, 0.3) is 43.1 Å². The average Bonchev–Trinajstić information content (AvgIpc) is 3.67. The van der Waals surface area contributed by atoms with Crippen LogP contribution in [0.2, 0.25) is 5.02 Å². The zero-order valence-corrected chi connectivity index (χ0v) is 29.3. The van der Waals surface area contributed by atoms with Crippen LogP contribution in [-0.2, 0) is 14.3 Å². The molecule has 9 nitrogen and oxygen atoms in total. The molecule has 2 aliphatic carbocycles. The molecule has 0 unspecified atom stereocenters. The fourth-order valence-corrected chi connectivity index (χ4v) is 8.52.